The molecule has 0 spiro atoms. The van der Waals surface area contributed by atoms with Gasteiger partial charge in [-0.3, -0.25) is 4.79 Å². The number of likely N-dealkylation sites (N-methyl/N-ethyl adjacent to an activating group) is 1. The van der Waals surface area contributed by atoms with Crippen molar-refractivity contribution >= 4 is 5.91 Å². The highest BCUT2D eigenvalue weighted by molar-refractivity contribution is 5.91. The van der Waals surface area contributed by atoms with Gasteiger partial charge in [-0.25, -0.2) is 0 Å². The minimum atomic E-state index is 0.00996. The molecule has 1 aromatic rings. The summed E-state index contributed by atoms with van der Waals surface area (Å²) in [4.78, 5) is 16.1. The van der Waals surface area contributed by atoms with Gasteiger partial charge in [-0.05, 0) is 18.7 Å². The largest absolute Gasteiger partial charge is 0.459 e. The Hall–Kier alpha value is -1.29. The van der Waals surface area contributed by atoms with Gasteiger partial charge < -0.3 is 14.2 Å². The van der Waals surface area contributed by atoms with Crippen molar-refractivity contribution in [2.75, 3.05) is 32.7 Å². The first-order valence-corrected chi connectivity index (χ1v) is 6.36. The van der Waals surface area contributed by atoms with Crippen LogP contribution in [0.4, 0.5) is 0 Å². The molecule has 17 heavy (non-hydrogen) atoms. The molecule has 4 heteroatoms. The molecule has 1 aliphatic heterocycles. The fraction of sp³-hybridized carbons (Fsp3) is 0.615. The number of hydrogen-bond donors (Lipinski definition) is 0. The van der Waals surface area contributed by atoms with E-state index in [0.29, 0.717) is 5.76 Å². The van der Waals surface area contributed by atoms with Crippen LogP contribution in [-0.2, 0) is 0 Å². The van der Waals surface area contributed by atoms with E-state index in [0.717, 1.165) is 32.7 Å². The topological polar surface area (TPSA) is 36.7 Å². The summed E-state index contributed by atoms with van der Waals surface area (Å²) in [6.45, 7) is 10.7. The SMILES string of the molecule is CC.CCN1CCN(C(=O)c2ccco2)CC1. The Bertz CT molecular complexity index is 314. The Morgan fingerprint density at radius 2 is 1.94 bits per heavy atom. The van der Waals surface area contributed by atoms with Crippen LogP contribution in [0.3, 0.4) is 0 Å². The molecule has 1 saturated heterocycles. The molecule has 0 aromatic carbocycles. The Morgan fingerprint density at radius 3 is 2.41 bits per heavy atom. The van der Waals surface area contributed by atoms with Gasteiger partial charge in [0, 0.05) is 26.2 Å². The molecule has 0 atom stereocenters. The van der Waals surface area contributed by atoms with Crippen molar-refractivity contribution in [1.82, 2.24) is 9.80 Å². The van der Waals surface area contributed by atoms with Crippen LogP contribution in [0.15, 0.2) is 22.8 Å². The summed E-state index contributed by atoms with van der Waals surface area (Å²) in [5.74, 6) is 0.454. The Balaban J connectivity index is 0.000000686. The molecule has 0 saturated carbocycles. The first-order chi connectivity index (χ1) is 8.31. The van der Waals surface area contributed by atoms with Crippen LogP contribution in [0.2, 0.25) is 0 Å². The number of furan rings is 1. The summed E-state index contributed by atoms with van der Waals surface area (Å²) in [7, 11) is 0. The van der Waals surface area contributed by atoms with Gasteiger partial charge in [0.1, 0.15) is 0 Å². The van der Waals surface area contributed by atoms with Gasteiger partial charge in [-0.2, -0.15) is 0 Å². The van der Waals surface area contributed by atoms with Crippen molar-refractivity contribution < 1.29 is 9.21 Å². The summed E-state index contributed by atoms with van der Waals surface area (Å²) in [6, 6.07) is 3.46. The van der Waals surface area contributed by atoms with E-state index in [9.17, 15) is 4.79 Å². The van der Waals surface area contributed by atoms with Gasteiger partial charge in [0.2, 0.25) is 0 Å². The second-order valence-electron chi connectivity index (χ2n) is 3.70. The van der Waals surface area contributed by atoms with Gasteiger partial charge in [0.15, 0.2) is 5.76 Å². The molecule has 2 rings (SSSR count). The van der Waals surface area contributed by atoms with Crippen LogP contribution >= 0.6 is 0 Å². The van der Waals surface area contributed by atoms with Crippen molar-refractivity contribution in [3.8, 4) is 0 Å². The molecule has 0 unspecified atom stereocenters. The Kier molecular flexibility index (Phi) is 5.77. The smallest absolute Gasteiger partial charge is 0.289 e. The lowest BCUT2D eigenvalue weighted by molar-refractivity contribution is 0.0612. The van der Waals surface area contributed by atoms with Crippen LogP contribution in [-0.4, -0.2) is 48.4 Å². The molecule has 0 bridgehead atoms. The molecule has 1 fully saturated rings. The summed E-state index contributed by atoms with van der Waals surface area (Å²) in [5.41, 5.74) is 0. The number of piperazine rings is 1. The number of hydrogen-bond acceptors (Lipinski definition) is 3. The number of carbonyl (C=O) groups excluding carboxylic acids is 1. The molecule has 0 radical (unpaired) electrons. The van der Waals surface area contributed by atoms with Gasteiger partial charge >= 0.3 is 0 Å². The minimum Gasteiger partial charge on any atom is -0.459 e. The fourth-order valence-electron chi connectivity index (χ4n) is 1.82. The van der Waals surface area contributed by atoms with Crippen LogP contribution in [0.1, 0.15) is 31.3 Å². The van der Waals surface area contributed by atoms with Crippen molar-refractivity contribution in [1.29, 1.82) is 0 Å². The van der Waals surface area contributed by atoms with E-state index in [1.165, 1.54) is 6.26 Å². The lowest BCUT2D eigenvalue weighted by Crippen LogP contribution is -2.48. The standard InChI is InChI=1S/C11H16N2O2.C2H6/c1-2-12-5-7-13(8-6-12)11(14)10-4-3-9-15-10;1-2/h3-4,9H,2,5-8H2,1H3;1-2H3. The van der Waals surface area contributed by atoms with E-state index >= 15 is 0 Å². The van der Waals surface area contributed by atoms with Gasteiger partial charge in [0.05, 0.1) is 6.26 Å². The van der Waals surface area contributed by atoms with Gasteiger partial charge in [-0.15, -0.1) is 0 Å². The highest BCUT2D eigenvalue weighted by Crippen LogP contribution is 2.08. The zero-order valence-corrected chi connectivity index (χ0v) is 11.0. The summed E-state index contributed by atoms with van der Waals surface area (Å²) in [6.07, 6.45) is 1.54. The number of rotatable bonds is 2. The molecule has 1 aliphatic rings. The molecular formula is C13H22N2O2. The third-order valence-corrected chi connectivity index (χ3v) is 2.84. The van der Waals surface area contributed by atoms with E-state index in [4.69, 9.17) is 4.42 Å². The van der Waals surface area contributed by atoms with Gasteiger partial charge in [-0.1, -0.05) is 20.8 Å². The summed E-state index contributed by atoms with van der Waals surface area (Å²) >= 11 is 0. The van der Waals surface area contributed by atoms with E-state index in [2.05, 4.69) is 11.8 Å². The minimum absolute atomic E-state index is 0.00996. The molecule has 0 N–H and O–H groups in total. The second kappa shape index (κ2) is 7.12. The number of nitrogens with zero attached hydrogens (tertiary/aromatic N) is 2. The highest BCUT2D eigenvalue weighted by Gasteiger charge is 2.22. The quantitative estimate of drug-likeness (QED) is 0.791. The monoisotopic (exact) mass is 238 g/mol. The zero-order valence-electron chi connectivity index (χ0n) is 11.0. The number of carbonyl (C=O) groups is 1. The van der Waals surface area contributed by atoms with Crippen molar-refractivity contribution in [2.24, 2.45) is 0 Å². The maximum atomic E-state index is 11.9. The molecule has 1 aromatic heterocycles. The molecule has 0 aliphatic carbocycles. The van der Waals surface area contributed by atoms with Crippen molar-refractivity contribution in [3.05, 3.63) is 24.2 Å². The molecule has 96 valence electrons. The van der Waals surface area contributed by atoms with Gasteiger partial charge in [0.25, 0.3) is 5.91 Å². The van der Waals surface area contributed by atoms with Crippen LogP contribution in [0.25, 0.3) is 0 Å². The normalized spacial score (nSPS) is 16.3. The fourth-order valence-corrected chi connectivity index (χ4v) is 1.82. The maximum Gasteiger partial charge on any atom is 0.289 e. The zero-order chi connectivity index (χ0) is 12.7. The summed E-state index contributed by atoms with van der Waals surface area (Å²) < 4.78 is 5.10. The lowest BCUT2D eigenvalue weighted by atomic mass is 10.3. The lowest BCUT2D eigenvalue weighted by Gasteiger charge is -2.33. The molecule has 4 nitrogen and oxygen atoms in total. The number of amides is 1. The van der Waals surface area contributed by atoms with Crippen LogP contribution < -0.4 is 0 Å². The Morgan fingerprint density at radius 1 is 1.29 bits per heavy atom. The van der Waals surface area contributed by atoms with E-state index < -0.39 is 0 Å². The predicted octanol–water partition coefficient (Wildman–Crippen LogP) is 2.08. The average Bonchev–Trinajstić information content (AvgIpc) is 2.94. The maximum absolute atomic E-state index is 11.9. The van der Waals surface area contributed by atoms with E-state index in [1.807, 2.05) is 18.7 Å². The molecular weight excluding hydrogens is 216 g/mol. The third-order valence-electron chi connectivity index (χ3n) is 2.84. The molecule has 2 heterocycles. The average molecular weight is 238 g/mol. The van der Waals surface area contributed by atoms with Crippen molar-refractivity contribution in [2.45, 2.75) is 20.8 Å². The van der Waals surface area contributed by atoms with Crippen LogP contribution in [0, 0.1) is 0 Å². The first kappa shape index (κ1) is 13.8. The predicted molar refractivity (Wildman–Crippen MR) is 68.1 cm³/mol. The van der Waals surface area contributed by atoms with Crippen LogP contribution in [0.5, 0.6) is 0 Å². The summed E-state index contributed by atoms with van der Waals surface area (Å²) in [5, 5.41) is 0. The highest BCUT2D eigenvalue weighted by atomic mass is 16.3. The second-order valence-corrected chi connectivity index (χ2v) is 3.70. The third kappa shape index (κ3) is 3.60. The first-order valence-electron chi connectivity index (χ1n) is 6.36. The Labute approximate surface area is 103 Å². The van der Waals surface area contributed by atoms with E-state index in [1.54, 1.807) is 12.1 Å². The molecule has 1 amide bonds. The van der Waals surface area contributed by atoms with Crippen molar-refractivity contribution in [3.63, 3.8) is 0 Å². The van der Waals surface area contributed by atoms with E-state index in [-0.39, 0.29) is 5.91 Å².